The fraction of sp³-hybridized carbons (Fsp3) is 0.333. The van der Waals surface area contributed by atoms with Crippen LogP contribution in [0.2, 0.25) is 11.3 Å². The molecule has 0 bridgehead atoms. The van der Waals surface area contributed by atoms with Gasteiger partial charge in [0.05, 0.1) is 19.0 Å². The van der Waals surface area contributed by atoms with Crippen molar-refractivity contribution in [3.63, 3.8) is 0 Å². The molecule has 0 aliphatic heterocycles. The third kappa shape index (κ3) is 4.53. The Hall–Kier alpha value is -1.85. The highest BCUT2D eigenvalue weighted by Gasteiger charge is 2.15. The van der Waals surface area contributed by atoms with Crippen LogP contribution in [-0.4, -0.2) is 24.1 Å². The van der Waals surface area contributed by atoms with Crippen molar-refractivity contribution in [3.05, 3.63) is 52.5 Å². The van der Waals surface area contributed by atoms with E-state index in [1.165, 1.54) is 11.1 Å². The van der Waals surface area contributed by atoms with Gasteiger partial charge in [0, 0.05) is 11.1 Å². The van der Waals surface area contributed by atoms with E-state index in [0.717, 1.165) is 34.0 Å². The number of nitrogens with zero attached hydrogens (tertiary/aromatic N) is 2. The summed E-state index contributed by atoms with van der Waals surface area (Å²) in [5.41, 5.74) is 4.66. The van der Waals surface area contributed by atoms with E-state index in [1.807, 2.05) is 32.0 Å². The molecule has 6 heteroatoms. The molecule has 0 fully saturated rings. The first-order valence-electron chi connectivity index (χ1n) is 9.14. The van der Waals surface area contributed by atoms with E-state index in [1.54, 1.807) is 11.3 Å². The van der Waals surface area contributed by atoms with Crippen LogP contribution in [0, 0.1) is 0 Å². The van der Waals surface area contributed by atoms with Crippen LogP contribution in [-0.2, 0) is 12.8 Å². The van der Waals surface area contributed by atoms with E-state index >= 15 is 0 Å². The van der Waals surface area contributed by atoms with Gasteiger partial charge >= 0.3 is 0 Å². The molecule has 0 aliphatic rings. The average molecular weight is 397 g/mol. The average Bonchev–Trinajstić information content (AvgIpc) is 3.13. The first-order valence-corrected chi connectivity index (χ1v) is 10.3. The van der Waals surface area contributed by atoms with Gasteiger partial charge in [-0.3, -0.25) is 0 Å². The third-order valence-corrected chi connectivity index (χ3v) is 5.54. The number of hydrogen-bond donors (Lipinski definition) is 0. The minimum absolute atomic E-state index is 0.0785. The molecule has 0 spiro atoms. The number of rotatable bonds is 7. The number of halogens is 1. The Kier molecular flexibility index (Phi) is 6.56. The number of aromatic nitrogens is 2. The highest BCUT2D eigenvalue weighted by Crippen LogP contribution is 2.36. The normalized spacial score (nSPS) is 11.1. The third-order valence-electron chi connectivity index (χ3n) is 4.24. The minimum Gasteiger partial charge on any atom is -0.489 e. The second kappa shape index (κ2) is 8.90. The van der Waals surface area contributed by atoms with Crippen molar-refractivity contribution in [1.29, 1.82) is 0 Å². The standard InChI is InChI=1S/C21H22BClN2OS/c1-4-16-14(10-11-22)6-5-7-17(16)21-25-24-20(27-21)15-8-9-19(18(23)12-15)26-13(2)3/h5-9,12-13H,4,10-11H2,1-3H3. The van der Waals surface area contributed by atoms with Gasteiger partial charge in [-0.25, -0.2) is 0 Å². The molecule has 0 N–H and O–H groups in total. The molecule has 2 radical (unpaired) electrons. The Morgan fingerprint density at radius 1 is 1.15 bits per heavy atom. The monoisotopic (exact) mass is 396 g/mol. The first-order chi connectivity index (χ1) is 13.0. The zero-order valence-electron chi connectivity index (χ0n) is 15.8. The first kappa shape index (κ1) is 19.9. The molecule has 1 aromatic heterocycles. The summed E-state index contributed by atoms with van der Waals surface area (Å²) in [7, 11) is 5.76. The number of aryl methyl sites for hydroxylation is 1. The highest BCUT2D eigenvalue weighted by molar-refractivity contribution is 7.17. The lowest BCUT2D eigenvalue weighted by Crippen LogP contribution is -2.05. The van der Waals surface area contributed by atoms with Crippen LogP contribution in [0.4, 0.5) is 0 Å². The van der Waals surface area contributed by atoms with Gasteiger partial charge in [-0.1, -0.05) is 54.4 Å². The molecular formula is C21H22BClN2OS. The molecule has 3 nitrogen and oxygen atoms in total. The molecule has 2 aromatic carbocycles. The van der Waals surface area contributed by atoms with Gasteiger partial charge in [-0.05, 0) is 56.0 Å². The van der Waals surface area contributed by atoms with Crippen LogP contribution in [0.3, 0.4) is 0 Å². The molecule has 0 unspecified atom stereocenters. The van der Waals surface area contributed by atoms with Crippen LogP contribution >= 0.6 is 22.9 Å². The Balaban J connectivity index is 1.94. The SMILES string of the molecule is [B]CCc1cccc(-c2nnc(-c3ccc(OC(C)C)c(Cl)c3)s2)c1CC. The molecule has 0 aliphatic carbocycles. The van der Waals surface area contributed by atoms with E-state index in [2.05, 4.69) is 35.3 Å². The Morgan fingerprint density at radius 2 is 1.93 bits per heavy atom. The van der Waals surface area contributed by atoms with E-state index in [-0.39, 0.29) is 6.10 Å². The molecule has 0 saturated heterocycles. The summed E-state index contributed by atoms with van der Waals surface area (Å²) in [6.45, 7) is 6.12. The Bertz CT molecular complexity index is 926. The summed E-state index contributed by atoms with van der Waals surface area (Å²) in [5, 5.41) is 11.2. The summed E-state index contributed by atoms with van der Waals surface area (Å²) in [6, 6.07) is 12.1. The smallest absolute Gasteiger partial charge is 0.148 e. The van der Waals surface area contributed by atoms with Gasteiger partial charge < -0.3 is 4.74 Å². The Labute approximate surface area is 171 Å². The van der Waals surface area contributed by atoms with E-state index in [4.69, 9.17) is 24.2 Å². The van der Waals surface area contributed by atoms with Crippen molar-refractivity contribution in [1.82, 2.24) is 10.2 Å². The number of benzene rings is 2. The van der Waals surface area contributed by atoms with Crippen molar-refractivity contribution in [2.24, 2.45) is 0 Å². The lowest BCUT2D eigenvalue weighted by Gasteiger charge is -2.11. The predicted octanol–water partition coefficient (Wildman–Crippen LogP) is 6.00. The van der Waals surface area contributed by atoms with Gasteiger partial charge in [0.1, 0.15) is 15.8 Å². The zero-order chi connectivity index (χ0) is 19.4. The summed E-state index contributed by atoms with van der Waals surface area (Å²) < 4.78 is 5.70. The quantitative estimate of drug-likeness (QED) is 0.459. The second-order valence-corrected chi connectivity index (χ2v) is 7.94. The maximum Gasteiger partial charge on any atom is 0.148 e. The maximum absolute atomic E-state index is 6.37. The fourth-order valence-electron chi connectivity index (χ4n) is 3.07. The van der Waals surface area contributed by atoms with Gasteiger partial charge in [0.15, 0.2) is 0 Å². The van der Waals surface area contributed by atoms with E-state index < -0.39 is 0 Å². The lowest BCUT2D eigenvalue weighted by atomic mass is 9.91. The van der Waals surface area contributed by atoms with Gasteiger partial charge in [-0.2, -0.15) is 0 Å². The van der Waals surface area contributed by atoms with Gasteiger partial charge in [0.25, 0.3) is 0 Å². The molecule has 0 amide bonds. The highest BCUT2D eigenvalue weighted by atomic mass is 35.5. The summed E-state index contributed by atoms with van der Waals surface area (Å²) >= 11 is 7.94. The summed E-state index contributed by atoms with van der Waals surface area (Å²) in [5.74, 6) is 0.683. The molecule has 0 saturated carbocycles. The van der Waals surface area contributed by atoms with Crippen LogP contribution < -0.4 is 4.74 Å². The fourth-order valence-corrected chi connectivity index (χ4v) is 4.19. The molecular weight excluding hydrogens is 375 g/mol. The topological polar surface area (TPSA) is 35.0 Å². The molecule has 3 rings (SSSR count). The second-order valence-electron chi connectivity index (χ2n) is 6.56. The van der Waals surface area contributed by atoms with Crippen molar-refractivity contribution >= 4 is 30.8 Å². The van der Waals surface area contributed by atoms with Gasteiger partial charge in [-0.15, -0.1) is 10.2 Å². The molecule has 3 aromatic rings. The van der Waals surface area contributed by atoms with Crippen LogP contribution in [0.1, 0.15) is 31.9 Å². The molecule has 27 heavy (non-hydrogen) atoms. The molecule has 1 heterocycles. The van der Waals surface area contributed by atoms with Crippen molar-refractivity contribution in [3.8, 4) is 26.9 Å². The van der Waals surface area contributed by atoms with E-state index in [9.17, 15) is 0 Å². The minimum atomic E-state index is 0.0785. The lowest BCUT2D eigenvalue weighted by molar-refractivity contribution is 0.242. The zero-order valence-corrected chi connectivity index (χ0v) is 17.4. The number of hydrogen-bond acceptors (Lipinski definition) is 4. The van der Waals surface area contributed by atoms with Crippen LogP contribution in [0.15, 0.2) is 36.4 Å². The van der Waals surface area contributed by atoms with E-state index in [0.29, 0.717) is 17.1 Å². The summed E-state index contributed by atoms with van der Waals surface area (Å²) in [6.07, 6.45) is 2.53. The van der Waals surface area contributed by atoms with Crippen LogP contribution in [0.25, 0.3) is 21.1 Å². The van der Waals surface area contributed by atoms with Crippen molar-refractivity contribution in [2.45, 2.75) is 46.0 Å². The maximum atomic E-state index is 6.37. The largest absolute Gasteiger partial charge is 0.489 e. The number of ether oxygens (including phenoxy) is 1. The Morgan fingerprint density at radius 3 is 2.59 bits per heavy atom. The summed E-state index contributed by atoms with van der Waals surface area (Å²) in [4.78, 5) is 0. The predicted molar refractivity (Wildman–Crippen MR) is 115 cm³/mol. The van der Waals surface area contributed by atoms with Crippen molar-refractivity contribution in [2.75, 3.05) is 0 Å². The van der Waals surface area contributed by atoms with Crippen LogP contribution in [0.5, 0.6) is 5.75 Å². The molecule has 138 valence electrons. The van der Waals surface area contributed by atoms with Crippen molar-refractivity contribution < 1.29 is 4.74 Å². The van der Waals surface area contributed by atoms with Gasteiger partial charge in [0.2, 0.25) is 0 Å². The molecule has 0 atom stereocenters.